The minimum absolute atomic E-state index is 0.0179. The van der Waals surface area contributed by atoms with Crippen molar-refractivity contribution >= 4 is 23.5 Å². The van der Waals surface area contributed by atoms with Crippen molar-refractivity contribution < 1.29 is 33.8 Å². The maximum atomic E-state index is 13.8. The van der Waals surface area contributed by atoms with Crippen LogP contribution in [0.1, 0.15) is 73.6 Å². The van der Waals surface area contributed by atoms with Crippen LogP contribution < -0.4 is 0 Å². The molecule has 1 N–H and O–H groups in total. The second-order valence-electron chi connectivity index (χ2n) is 12.1. The number of carbonyl (C=O) groups excluding carboxylic acids is 4. The quantitative estimate of drug-likeness (QED) is 0.550. The van der Waals surface area contributed by atoms with Gasteiger partial charge >= 0.3 is 11.9 Å². The number of ether oxygens (including phenoxy) is 2. The highest BCUT2D eigenvalue weighted by molar-refractivity contribution is 6.01. The summed E-state index contributed by atoms with van der Waals surface area (Å²) in [6.45, 7) is 10.9. The van der Waals surface area contributed by atoms with Crippen LogP contribution in [0.2, 0.25) is 0 Å². The van der Waals surface area contributed by atoms with E-state index in [2.05, 4.69) is 13.8 Å². The molecule has 0 radical (unpaired) electrons. The van der Waals surface area contributed by atoms with E-state index in [0.717, 1.165) is 12.0 Å². The van der Waals surface area contributed by atoms with Crippen molar-refractivity contribution in [1.29, 1.82) is 0 Å². The molecule has 0 spiro atoms. The van der Waals surface area contributed by atoms with Gasteiger partial charge in [0.2, 0.25) is 5.78 Å². The molecule has 4 aliphatic rings. The number of esters is 2. The van der Waals surface area contributed by atoms with Gasteiger partial charge in [-0.05, 0) is 55.6 Å². The average molecular weight is 501 g/mol. The van der Waals surface area contributed by atoms with Crippen molar-refractivity contribution in [3.05, 3.63) is 23.8 Å². The Morgan fingerprint density at radius 2 is 1.92 bits per heavy atom. The molecule has 3 saturated carbocycles. The fourth-order valence-corrected chi connectivity index (χ4v) is 8.07. The topological polar surface area (TPSA) is 107 Å². The van der Waals surface area contributed by atoms with Gasteiger partial charge in [0.05, 0.1) is 12.0 Å². The minimum atomic E-state index is -1.46. The predicted molar refractivity (Wildman–Crippen MR) is 132 cm³/mol. The molecule has 8 atom stereocenters. The highest BCUT2D eigenvalue weighted by Crippen LogP contribution is 2.68. The fourth-order valence-electron chi connectivity index (χ4n) is 8.07. The first-order valence-corrected chi connectivity index (χ1v) is 13.4. The summed E-state index contributed by atoms with van der Waals surface area (Å²) in [7, 11) is 0. The van der Waals surface area contributed by atoms with Gasteiger partial charge in [-0.3, -0.25) is 19.2 Å². The molecule has 7 heteroatoms. The van der Waals surface area contributed by atoms with E-state index >= 15 is 0 Å². The van der Waals surface area contributed by atoms with Crippen LogP contribution in [0.4, 0.5) is 0 Å². The van der Waals surface area contributed by atoms with Crippen molar-refractivity contribution in [1.82, 2.24) is 0 Å². The molecule has 0 aromatic carbocycles. The third-order valence-corrected chi connectivity index (χ3v) is 9.79. The molecule has 0 aromatic heterocycles. The van der Waals surface area contributed by atoms with E-state index in [4.69, 9.17) is 9.47 Å². The molecule has 0 unspecified atom stereocenters. The Bertz CT molecular complexity index is 1020. The number of aliphatic hydroxyl groups excluding tert-OH is 1. The monoisotopic (exact) mass is 500 g/mol. The Morgan fingerprint density at radius 1 is 1.22 bits per heavy atom. The van der Waals surface area contributed by atoms with Gasteiger partial charge in [0, 0.05) is 23.2 Å². The highest BCUT2D eigenvalue weighted by atomic mass is 16.6. The number of hydrogen-bond acceptors (Lipinski definition) is 7. The van der Waals surface area contributed by atoms with Crippen molar-refractivity contribution in [3.8, 4) is 0 Å². The lowest BCUT2D eigenvalue weighted by molar-refractivity contribution is -0.204. The van der Waals surface area contributed by atoms with E-state index in [1.807, 2.05) is 13.0 Å². The summed E-state index contributed by atoms with van der Waals surface area (Å²) in [5, 5.41) is 11.7. The molecule has 198 valence electrons. The van der Waals surface area contributed by atoms with Crippen molar-refractivity contribution in [2.75, 3.05) is 6.61 Å². The Balaban J connectivity index is 1.75. The molecular weight excluding hydrogens is 460 g/mol. The second kappa shape index (κ2) is 9.23. The maximum absolute atomic E-state index is 13.8. The molecule has 0 aromatic rings. The van der Waals surface area contributed by atoms with E-state index in [9.17, 15) is 24.3 Å². The van der Waals surface area contributed by atoms with Gasteiger partial charge in [0.1, 0.15) is 0 Å². The van der Waals surface area contributed by atoms with E-state index in [-0.39, 0.29) is 42.3 Å². The summed E-state index contributed by atoms with van der Waals surface area (Å²) in [4.78, 5) is 50.7. The van der Waals surface area contributed by atoms with Crippen LogP contribution in [-0.4, -0.2) is 46.9 Å². The first-order valence-electron chi connectivity index (χ1n) is 13.4. The van der Waals surface area contributed by atoms with Crippen molar-refractivity contribution in [2.24, 2.45) is 40.4 Å². The lowest BCUT2D eigenvalue weighted by Crippen LogP contribution is -2.63. The summed E-state index contributed by atoms with van der Waals surface area (Å²) >= 11 is 0. The Morgan fingerprint density at radius 3 is 2.56 bits per heavy atom. The summed E-state index contributed by atoms with van der Waals surface area (Å²) in [6, 6.07) is 0. The number of Topliss-reactive ketones (excluding diaryl/α,β-unsaturated/α-hetero) is 1. The molecule has 4 aliphatic carbocycles. The van der Waals surface area contributed by atoms with Crippen LogP contribution in [0.15, 0.2) is 23.8 Å². The van der Waals surface area contributed by atoms with E-state index in [1.165, 1.54) is 0 Å². The molecule has 3 fully saturated rings. The first-order chi connectivity index (χ1) is 16.8. The molecule has 0 aliphatic heterocycles. The Kier molecular flexibility index (Phi) is 6.87. The molecule has 7 nitrogen and oxygen atoms in total. The lowest BCUT2D eigenvalue weighted by atomic mass is 9.44. The number of rotatable bonds is 6. The Hall–Kier alpha value is -2.28. The zero-order valence-corrected chi connectivity index (χ0v) is 22.3. The summed E-state index contributed by atoms with van der Waals surface area (Å²) in [5.41, 5.74) is -1.65. The number of hydrogen-bond donors (Lipinski definition) is 1. The molecule has 0 heterocycles. The van der Waals surface area contributed by atoms with E-state index < -0.39 is 52.8 Å². The molecule has 0 saturated heterocycles. The van der Waals surface area contributed by atoms with Gasteiger partial charge in [0.15, 0.2) is 18.0 Å². The molecule has 36 heavy (non-hydrogen) atoms. The summed E-state index contributed by atoms with van der Waals surface area (Å²) in [6.07, 6.45) is 6.79. The number of carbonyl (C=O) groups is 4. The van der Waals surface area contributed by atoms with Crippen LogP contribution in [0, 0.1) is 40.4 Å². The van der Waals surface area contributed by atoms with Crippen LogP contribution >= 0.6 is 0 Å². The number of allylic oxidation sites excluding steroid dienone is 4. The van der Waals surface area contributed by atoms with E-state index in [0.29, 0.717) is 12.8 Å². The molecule has 0 bridgehead atoms. The van der Waals surface area contributed by atoms with E-state index in [1.54, 1.807) is 32.9 Å². The number of aliphatic hydroxyl groups is 1. The predicted octanol–water partition coefficient (Wildman–Crippen LogP) is 3.97. The maximum Gasteiger partial charge on any atom is 0.309 e. The summed E-state index contributed by atoms with van der Waals surface area (Å²) < 4.78 is 11.3. The zero-order valence-electron chi connectivity index (χ0n) is 22.3. The van der Waals surface area contributed by atoms with Gasteiger partial charge < -0.3 is 14.6 Å². The second-order valence-corrected chi connectivity index (χ2v) is 12.1. The van der Waals surface area contributed by atoms with Crippen LogP contribution in [-0.2, 0) is 28.7 Å². The fraction of sp³-hybridized carbons (Fsp3) is 0.724. The van der Waals surface area contributed by atoms with Crippen LogP contribution in [0.25, 0.3) is 0 Å². The molecule has 0 amide bonds. The third kappa shape index (κ3) is 3.89. The Labute approximate surface area is 213 Å². The third-order valence-electron chi connectivity index (χ3n) is 9.79. The van der Waals surface area contributed by atoms with Gasteiger partial charge in [-0.25, -0.2) is 0 Å². The van der Waals surface area contributed by atoms with Crippen molar-refractivity contribution in [2.45, 2.75) is 85.4 Å². The van der Waals surface area contributed by atoms with Gasteiger partial charge in [-0.1, -0.05) is 53.2 Å². The average Bonchev–Trinajstić information content (AvgIpc) is 3.10. The lowest BCUT2D eigenvalue weighted by Gasteiger charge is -2.61. The van der Waals surface area contributed by atoms with Gasteiger partial charge in [-0.2, -0.15) is 0 Å². The largest absolute Gasteiger partial charge is 0.457 e. The molecular formula is C29H40O7. The van der Waals surface area contributed by atoms with Gasteiger partial charge in [0.25, 0.3) is 0 Å². The van der Waals surface area contributed by atoms with Crippen LogP contribution in [0.5, 0.6) is 0 Å². The van der Waals surface area contributed by atoms with Gasteiger partial charge in [-0.15, -0.1) is 0 Å². The van der Waals surface area contributed by atoms with Crippen molar-refractivity contribution in [3.63, 3.8) is 0 Å². The minimum Gasteiger partial charge on any atom is -0.457 e. The summed E-state index contributed by atoms with van der Waals surface area (Å²) in [5.74, 6) is -1.65. The standard InChI is InChI=1S/C29H40O7/c1-7-24(33)35-15-23(32)29(36-26(34)16(2)3)11-9-20-19-12-17(4)21-13-18(30)8-10-27(21,5)25(19)22(31)14-28(20,29)6/h8,10,13,16-17,19-20,22,25,31H,7,9,11-12,14-15H2,1-6H3/t17-,19-,20-,22-,25+,27-,28-,29-/m0/s1. The molecule has 4 rings (SSSR count). The normalized spacial score (nSPS) is 41.2. The number of fused-ring (bicyclic) bond motifs is 5. The number of ketones is 2. The smallest absolute Gasteiger partial charge is 0.309 e. The van der Waals surface area contributed by atoms with Crippen LogP contribution in [0.3, 0.4) is 0 Å². The highest BCUT2D eigenvalue weighted by Gasteiger charge is 2.70. The zero-order chi connectivity index (χ0) is 26.6. The first kappa shape index (κ1) is 26.8. The SMILES string of the molecule is CCC(=O)OCC(=O)[C@@]1(OC(=O)C(C)C)CC[C@H]2[C@@H]3C[C@H](C)C4=CC(=O)C=C[C@]4(C)[C@H]3[C@@H](O)C[C@@]21C.